The number of aromatic nitrogens is 4. The highest BCUT2D eigenvalue weighted by molar-refractivity contribution is 5.56. The summed E-state index contributed by atoms with van der Waals surface area (Å²) in [6.45, 7) is 6.47. The first-order valence-corrected chi connectivity index (χ1v) is 6.52. The molecule has 0 radical (unpaired) electrons. The van der Waals surface area contributed by atoms with Crippen LogP contribution in [-0.4, -0.2) is 32.7 Å². The van der Waals surface area contributed by atoms with Crippen LogP contribution < -0.4 is 4.90 Å². The van der Waals surface area contributed by atoms with Gasteiger partial charge in [-0.25, -0.2) is 4.98 Å². The smallest absolute Gasteiger partial charge is 0.254 e. The van der Waals surface area contributed by atoms with Crippen molar-refractivity contribution >= 4 is 11.6 Å². The molecular formula is C13H19N5. The van der Waals surface area contributed by atoms with Crippen LogP contribution in [0.1, 0.15) is 43.9 Å². The Morgan fingerprint density at radius 1 is 1.39 bits per heavy atom. The third-order valence-electron chi connectivity index (χ3n) is 3.63. The highest BCUT2D eigenvalue weighted by Crippen LogP contribution is 2.35. The minimum Gasteiger partial charge on any atom is -0.356 e. The molecule has 0 atom stereocenters. The van der Waals surface area contributed by atoms with E-state index in [1.165, 1.54) is 18.4 Å². The molecular weight excluding hydrogens is 226 g/mol. The van der Waals surface area contributed by atoms with Gasteiger partial charge in [-0.1, -0.05) is 13.8 Å². The van der Waals surface area contributed by atoms with Crippen LogP contribution in [0.5, 0.6) is 0 Å². The van der Waals surface area contributed by atoms with Gasteiger partial charge in [0.15, 0.2) is 0 Å². The van der Waals surface area contributed by atoms with Crippen molar-refractivity contribution in [2.75, 3.05) is 11.9 Å². The number of hydrogen-bond acceptors (Lipinski definition) is 4. The lowest BCUT2D eigenvalue weighted by Crippen LogP contribution is -2.25. The first-order valence-electron chi connectivity index (χ1n) is 6.52. The van der Waals surface area contributed by atoms with Crippen LogP contribution in [0.2, 0.25) is 0 Å². The predicted octanol–water partition coefficient (Wildman–Crippen LogP) is 2.15. The molecule has 0 aromatic carbocycles. The Morgan fingerprint density at radius 2 is 2.11 bits per heavy atom. The Labute approximate surface area is 107 Å². The minimum absolute atomic E-state index is 0.433. The Morgan fingerprint density at radius 3 is 2.72 bits per heavy atom. The van der Waals surface area contributed by atoms with Crippen LogP contribution in [0.4, 0.5) is 5.82 Å². The Kier molecular flexibility index (Phi) is 2.50. The third kappa shape index (κ3) is 1.65. The number of nitrogens with zero attached hydrogens (tertiary/aromatic N) is 5. The number of rotatable bonds is 3. The fourth-order valence-electron chi connectivity index (χ4n) is 2.60. The van der Waals surface area contributed by atoms with Gasteiger partial charge in [0.25, 0.3) is 5.78 Å². The van der Waals surface area contributed by atoms with Gasteiger partial charge in [0.2, 0.25) is 0 Å². The van der Waals surface area contributed by atoms with E-state index in [-0.39, 0.29) is 0 Å². The van der Waals surface area contributed by atoms with Crippen molar-refractivity contribution in [2.24, 2.45) is 0 Å². The van der Waals surface area contributed by atoms with Gasteiger partial charge in [0.05, 0.1) is 0 Å². The molecule has 0 N–H and O–H groups in total. The standard InChI is InChI=1S/C13H19N5/c1-8(2)11-9(3)16-13-14-7-15-18(13)12(11)17(4)10-5-6-10/h7-8,10H,5-6H2,1-4H3. The molecule has 2 aromatic rings. The van der Waals surface area contributed by atoms with Crippen molar-refractivity contribution in [1.82, 2.24) is 19.6 Å². The van der Waals surface area contributed by atoms with Crippen LogP contribution in [0, 0.1) is 6.92 Å². The molecule has 0 bridgehead atoms. The zero-order valence-corrected chi connectivity index (χ0v) is 11.4. The second kappa shape index (κ2) is 3.93. The van der Waals surface area contributed by atoms with Crippen LogP contribution >= 0.6 is 0 Å². The van der Waals surface area contributed by atoms with Crippen LogP contribution in [0.15, 0.2) is 6.33 Å². The van der Waals surface area contributed by atoms with E-state index in [9.17, 15) is 0 Å². The van der Waals surface area contributed by atoms with Crippen LogP contribution in [0.3, 0.4) is 0 Å². The Hall–Kier alpha value is -1.65. The number of fused-ring (bicyclic) bond motifs is 1. The number of anilines is 1. The number of hydrogen-bond donors (Lipinski definition) is 0. The molecule has 1 aliphatic rings. The van der Waals surface area contributed by atoms with Crippen molar-refractivity contribution in [3.63, 3.8) is 0 Å². The van der Waals surface area contributed by atoms with Gasteiger partial charge in [-0.15, -0.1) is 0 Å². The molecule has 3 rings (SSSR count). The van der Waals surface area contributed by atoms with Gasteiger partial charge in [-0.05, 0) is 25.7 Å². The Balaban J connectivity index is 2.28. The molecule has 1 fully saturated rings. The fourth-order valence-corrected chi connectivity index (χ4v) is 2.60. The molecule has 0 saturated heterocycles. The predicted molar refractivity (Wildman–Crippen MR) is 71.0 cm³/mol. The molecule has 5 heteroatoms. The summed E-state index contributed by atoms with van der Waals surface area (Å²) >= 11 is 0. The first-order chi connectivity index (χ1) is 8.59. The van der Waals surface area contributed by atoms with Crippen molar-refractivity contribution in [3.8, 4) is 0 Å². The zero-order valence-electron chi connectivity index (χ0n) is 11.4. The second-order valence-corrected chi connectivity index (χ2v) is 5.40. The minimum atomic E-state index is 0.433. The molecule has 18 heavy (non-hydrogen) atoms. The number of aryl methyl sites for hydroxylation is 1. The highest BCUT2D eigenvalue weighted by Gasteiger charge is 2.31. The maximum atomic E-state index is 4.54. The van der Waals surface area contributed by atoms with E-state index in [4.69, 9.17) is 0 Å². The van der Waals surface area contributed by atoms with Gasteiger partial charge in [0, 0.05) is 24.3 Å². The summed E-state index contributed by atoms with van der Waals surface area (Å²) in [6.07, 6.45) is 4.12. The van der Waals surface area contributed by atoms with E-state index in [0.29, 0.717) is 17.7 Å². The van der Waals surface area contributed by atoms with E-state index in [2.05, 4.69) is 47.8 Å². The molecule has 0 spiro atoms. The summed E-state index contributed by atoms with van der Waals surface area (Å²) in [5.74, 6) is 2.29. The molecule has 1 aliphatic carbocycles. The van der Waals surface area contributed by atoms with Crippen LogP contribution in [-0.2, 0) is 0 Å². The second-order valence-electron chi connectivity index (χ2n) is 5.40. The third-order valence-corrected chi connectivity index (χ3v) is 3.63. The summed E-state index contributed by atoms with van der Waals surface area (Å²) in [5, 5.41) is 4.34. The van der Waals surface area contributed by atoms with Gasteiger partial charge in [-0.3, -0.25) is 0 Å². The van der Waals surface area contributed by atoms with Gasteiger partial charge >= 0.3 is 0 Å². The first kappa shape index (κ1) is 11.4. The summed E-state index contributed by atoms with van der Waals surface area (Å²) in [6, 6.07) is 0.650. The average molecular weight is 245 g/mol. The lowest BCUT2D eigenvalue weighted by molar-refractivity contribution is 0.762. The Bertz CT molecular complexity index is 582. The SMILES string of the molecule is Cc1nc2ncnn2c(N(C)C2CC2)c1C(C)C. The normalized spacial score (nSPS) is 15.6. The highest BCUT2D eigenvalue weighted by atomic mass is 15.4. The molecule has 1 saturated carbocycles. The molecule has 5 nitrogen and oxygen atoms in total. The molecule has 0 unspecified atom stereocenters. The van der Waals surface area contributed by atoms with E-state index in [0.717, 1.165) is 11.5 Å². The molecule has 0 amide bonds. The summed E-state index contributed by atoms with van der Waals surface area (Å²) < 4.78 is 1.88. The van der Waals surface area contributed by atoms with Gasteiger partial charge in [-0.2, -0.15) is 14.6 Å². The van der Waals surface area contributed by atoms with Crippen molar-refractivity contribution in [3.05, 3.63) is 17.6 Å². The van der Waals surface area contributed by atoms with E-state index < -0.39 is 0 Å². The molecule has 0 aliphatic heterocycles. The van der Waals surface area contributed by atoms with E-state index in [1.54, 1.807) is 6.33 Å². The zero-order chi connectivity index (χ0) is 12.9. The lowest BCUT2D eigenvalue weighted by Gasteiger charge is -2.25. The summed E-state index contributed by atoms with van der Waals surface area (Å²) in [5.41, 5.74) is 2.34. The van der Waals surface area contributed by atoms with Crippen molar-refractivity contribution in [1.29, 1.82) is 0 Å². The topological polar surface area (TPSA) is 46.3 Å². The summed E-state index contributed by atoms with van der Waals surface area (Å²) in [4.78, 5) is 11.1. The van der Waals surface area contributed by atoms with Gasteiger partial charge < -0.3 is 4.90 Å². The molecule has 96 valence electrons. The van der Waals surface area contributed by atoms with E-state index in [1.807, 2.05) is 4.52 Å². The fraction of sp³-hybridized carbons (Fsp3) is 0.615. The van der Waals surface area contributed by atoms with Crippen molar-refractivity contribution < 1.29 is 0 Å². The largest absolute Gasteiger partial charge is 0.356 e. The van der Waals surface area contributed by atoms with Crippen molar-refractivity contribution in [2.45, 2.75) is 45.6 Å². The molecule has 2 aromatic heterocycles. The van der Waals surface area contributed by atoms with E-state index >= 15 is 0 Å². The molecule has 2 heterocycles. The van der Waals surface area contributed by atoms with Gasteiger partial charge in [0.1, 0.15) is 12.1 Å². The maximum absolute atomic E-state index is 4.54. The monoisotopic (exact) mass is 245 g/mol. The lowest BCUT2D eigenvalue weighted by atomic mass is 10.0. The quantitative estimate of drug-likeness (QED) is 0.831. The summed E-state index contributed by atoms with van der Waals surface area (Å²) in [7, 11) is 2.15. The maximum Gasteiger partial charge on any atom is 0.254 e. The average Bonchev–Trinajstić information content (AvgIpc) is 3.06. The van der Waals surface area contributed by atoms with Crippen LogP contribution in [0.25, 0.3) is 5.78 Å².